The number of aromatic nitrogens is 3. The molecule has 1 aromatic heterocycles. The molecule has 1 heterocycles. The van der Waals surface area contributed by atoms with Gasteiger partial charge in [0.15, 0.2) is 0 Å². The third kappa shape index (κ3) is 3.90. The Morgan fingerprint density at radius 3 is 2.50 bits per heavy atom. The van der Waals surface area contributed by atoms with Gasteiger partial charge in [-0.3, -0.25) is 10.1 Å². The fraction of sp³-hybridized carbons (Fsp3) is 0.600. The van der Waals surface area contributed by atoms with Crippen LogP contribution in [0.5, 0.6) is 0 Å². The van der Waals surface area contributed by atoms with Gasteiger partial charge < -0.3 is 5.32 Å². The smallest absolute Gasteiger partial charge is 0.249 e. The van der Waals surface area contributed by atoms with Crippen molar-refractivity contribution < 1.29 is 4.79 Å². The number of anilines is 1. The molecule has 1 amide bonds. The van der Waals surface area contributed by atoms with E-state index in [9.17, 15) is 4.79 Å². The second-order valence-corrected chi connectivity index (χ2v) is 3.89. The van der Waals surface area contributed by atoms with Crippen molar-refractivity contribution in [3.8, 4) is 0 Å². The van der Waals surface area contributed by atoms with E-state index >= 15 is 0 Å². The van der Waals surface area contributed by atoms with E-state index in [1.807, 2.05) is 27.7 Å². The summed E-state index contributed by atoms with van der Waals surface area (Å²) in [6, 6.07) is 0.268. The van der Waals surface area contributed by atoms with Gasteiger partial charge in [0.05, 0.1) is 17.9 Å². The van der Waals surface area contributed by atoms with Gasteiger partial charge in [-0.05, 0) is 13.8 Å². The second-order valence-electron chi connectivity index (χ2n) is 3.89. The summed E-state index contributed by atoms with van der Waals surface area (Å²) >= 11 is 0. The minimum atomic E-state index is -0.168. The van der Waals surface area contributed by atoms with Crippen LogP contribution in [-0.2, 0) is 4.79 Å². The molecule has 0 bridgehead atoms. The molecule has 0 unspecified atom stereocenters. The van der Waals surface area contributed by atoms with Crippen molar-refractivity contribution in [3.05, 3.63) is 11.4 Å². The van der Waals surface area contributed by atoms with E-state index in [1.54, 1.807) is 0 Å². The maximum absolute atomic E-state index is 11.4. The molecule has 1 aromatic rings. The fourth-order valence-electron chi connectivity index (χ4n) is 0.976. The third-order valence-corrected chi connectivity index (χ3v) is 2.01. The summed E-state index contributed by atoms with van der Waals surface area (Å²) < 4.78 is 0. The molecule has 16 heavy (non-hydrogen) atoms. The Bertz CT molecular complexity index is 377. The molecule has 6 heteroatoms. The van der Waals surface area contributed by atoms with E-state index < -0.39 is 0 Å². The highest BCUT2D eigenvalue weighted by Gasteiger charge is 2.06. The van der Waals surface area contributed by atoms with Crippen LogP contribution in [0.4, 0.5) is 5.95 Å². The summed E-state index contributed by atoms with van der Waals surface area (Å²) in [6.07, 6.45) is 0. The predicted octanol–water partition coefficient (Wildman–Crippen LogP) is 0.425. The van der Waals surface area contributed by atoms with Crippen LogP contribution in [0.3, 0.4) is 0 Å². The van der Waals surface area contributed by atoms with Gasteiger partial charge in [-0.15, -0.1) is 5.10 Å². The monoisotopic (exact) mass is 223 g/mol. The maximum Gasteiger partial charge on any atom is 0.249 e. The van der Waals surface area contributed by atoms with Crippen LogP contribution in [-0.4, -0.2) is 33.7 Å². The van der Waals surface area contributed by atoms with Gasteiger partial charge in [-0.25, -0.2) is 4.98 Å². The van der Waals surface area contributed by atoms with Crippen molar-refractivity contribution in [2.75, 3.05) is 11.9 Å². The summed E-state index contributed by atoms with van der Waals surface area (Å²) in [6.45, 7) is 7.84. The Hall–Kier alpha value is -1.56. The SMILES string of the molecule is Cc1nnc(NC(=O)CNC(C)C)nc1C. The number of nitrogens with one attached hydrogen (secondary N) is 2. The van der Waals surface area contributed by atoms with Crippen molar-refractivity contribution in [1.82, 2.24) is 20.5 Å². The predicted molar refractivity (Wildman–Crippen MR) is 61.1 cm³/mol. The van der Waals surface area contributed by atoms with Crippen molar-refractivity contribution >= 4 is 11.9 Å². The lowest BCUT2D eigenvalue weighted by Gasteiger charge is -2.08. The highest BCUT2D eigenvalue weighted by atomic mass is 16.2. The molecule has 0 aliphatic heterocycles. The minimum Gasteiger partial charge on any atom is -0.306 e. The van der Waals surface area contributed by atoms with Gasteiger partial charge in [0.25, 0.3) is 0 Å². The Kier molecular flexibility index (Phi) is 4.30. The summed E-state index contributed by atoms with van der Waals surface area (Å²) in [5.74, 6) is 0.0809. The molecule has 6 nitrogen and oxygen atoms in total. The summed E-state index contributed by atoms with van der Waals surface area (Å²) in [5, 5.41) is 13.2. The number of nitrogens with zero attached hydrogens (tertiary/aromatic N) is 3. The van der Waals surface area contributed by atoms with Gasteiger partial charge in [-0.1, -0.05) is 13.8 Å². The molecule has 0 aliphatic carbocycles. The van der Waals surface area contributed by atoms with Crippen LogP contribution in [0.25, 0.3) is 0 Å². The molecule has 1 rings (SSSR count). The molecule has 0 radical (unpaired) electrons. The van der Waals surface area contributed by atoms with Crippen molar-refractivity contribution in [2.24, 2.45) is 0 Å². The average molecular weight is 223 g/mol. The quantitative estimate of drug-likeness (QED) is 0.773. The van der Waals surface area contributed by atoms with Gasteiger partial charge in [0, 0.05) is 6.04 Å². The number of amides is 1. The molecule has 0 atom stereocenters. The fourth-order valence-corrected chi connectivity index (χ4v) is 0.976. The number of hydrogen-bond acceptors (Lipinski definition) is 5. The highest BCUT2D eigenvalue weighted by Crippen LogP contribution is 2.01. The second kappa shape index (κ2) is 5.50. The Morgan fingerprint density at radius 2 is 1.94 bits per heavy atom. The lowest BCUT2D eigenvalue weighted by Crippen LogP contribution is -2.33. The molecule has 0 aromatic carbocycles. The van der Waals surface area contributed by atoms with E-state index in [4.69, 9.17) is 0 Å². The van der Waals surface area contributed by atoms with Crippen molar-refractivity contribution in [1.29, 1.82) is 0 Å². The van der Waals surface area contributed by atoms with Crippen LogP contribution >= 0.6 is 0 Å². The molecule has 2 N–H and O–H groups in total. The lowest BCUT2D eigenvalue weighted by atomic mass is 10.4. The zero-order chi connectivity index (χ0) is 12.1. The number of rotatable bonds is 4. The number of carbonyl (C=O) groups excluding carboxylic acids is 1. The first-order chi connectivity index (χ1) is 7.49. The average Bonchev–Trinajstić information content (AvgIpc) is 2.21. The van der Waals surface area contributed by atoms with Gasteiger partial charge in [-0.2, -0.15) is 5.10 Å². The Balaban J connectivity index is 2.53. The van der Waals surface area contributed by atoms with Crippen LogP contribution in [0.1, 0.15) is 25.2 Å². The topological polar surface area (TPSA) is 79.8 Å². The van der Waals surface area contributed by atoms with Crippen molar-refractivity contribution in [3.63, 3.8) is 0 Å². The van der Waals surface area contributed by atoms with Gasteiger partial charge in [0.2, 0.25) is 11.9 Å². The molecular formula is C10H17N5O. The van der Waals surface area contributed by atoms with Gasteiger partial charge in [0.1, 0.15) is 0 Å². The Labute approximate surface area is 94.9 Å². The summed E-state index contributed by atoms with van der Waals surface area (Å²) in [7, 11) is 0. The van der Waals surface area contributed by atoms with E-state index in [0.29, 0.717) is 0 Å². The van der Waals surface area contributed by atoms with Crippen LogP contribution < -0.4 is 10.6 Å². The third-order valence-electron chi connectivity index (χ3n) is 2.01. The van der Waals surface area contributed by atoms with Gasteiger partial charge >= 0.3 is 0 Å². The van der Waals surface area contributed by atoms with E-state index in [-0.39, 0.29) is 24.4 Å². The molecule has 0 saturated heterocycles. The zero-order valence-corrected chi connectivity index (χ0v) is 10.0. The van der Waals surface area contributed by atoms with Crippen LogP contribution in [0.15, 0.2) is 0 Å². The summed E-state index contributed by atoms with van der Waals surface area (Å²) in [4.78, 5) is 15.5. The van der Waals surface area contributed by atoms with E-state index in [1.165, 1.54) is 0 Å². The number of aryl methyl sites for hydroxylation is 2. The number of hydrogen-bond donors (Lipinski definition) is 2. The molecule has 88 valence electrons. The number of carbonyl (C=O) groups is 1. The Morgan fingerprint density at radius 1 is 1.25 bits per heavy atom. The normalized spacial score (nSPS) is 10.6. The summed E-state index contributed by atoms with van der Waals surface area (Å²) in [5.41, 5.74) is 1.53. The first-order valence-corrected chi connectivity index (χ1v) is 5.20. The van der Waals surface area contributed by atoms with E-state index in [2.05, 4.69) is 25.8 Å². The molecule has 0 aliphatic rings. The zero-order valence-electron chi connectivity index (χ0n) is 10.0. The van der Waals surface area contributed by atoms with E-state index in [0.717, 1.165) is 11.4 Å². The van der Waals surface area contributed by atoms with Crippen molar-refractivity contribution in [2.45, 2.75) is 33.7 Å². The largest absolute Gasteiger partial charge is 0.306 e. The molecular weight excluding hydrogens is 206 g/mol. The first-order valence-electron chi connectivity index (χ1n) is 5.20. The highest BCUT2D eigenvalue weighted by molar-refractivity contribution is 5.90. The minimum absolute atomic E-state index is 0.168. The standard InChI is InChI=1S/C10H17N5O/c1-6(2)11-5-9(16)13-10-12-7(3)8(4)14-15-10/h6,11H,5H2,1-4H3,(H,12,13,15,16). The first kappa shape index (κ1) is 12.5. The molecule has 0 spiro atoms. The molecule has 0 saturated carbocycles. The van der Waals surface area contributed by atoms with Crippen LogP contribution in [0, 0.1) is 13.8 Å². The lowest BCUT2D eigenvalue weighted by molar-refractivity contribution is -0.115. The molecule has 0 fully saturated rings. The van der Waals surface area contributed by atoms with Crippen LogP contribution in [0.2, 0.25) is 0 Å². The maximum atomic E-state index is 11.4.